The van der Waals surface area contributed by atoms with Gasteiger partial charge in [-0.3, -0.25) is 4.57 Å². The first-order chi connectivity index (χ1) is 12.2. The molecule has 25 heavy (non-hydrogen) atoms. The molecule has 2 heterocycles. The van der Waals surface area contributed by atoms with Gasteiger partial charge in [-0.05, 0) is 9.91 Å². The summed E-state index contributed by atoms with van der Waals surface area (Å²) in [7, 11) is 0. The van der Waals surface area contributed by atoms with Crippen molar-refractivity contribution in [3.8, 4) is 28.3 Å². The van der Waals surface area contributed by atoms with E-state index in [1.807, 2.05) is 66.7 Å². The van der Waals surface area contributed by atoms with Gasteiger partial charge in [0.05, 0.1) is 5.69 Å². The summed E-state index contributed by atoms with van der Waals surface area (Å²) in [6, 6.07) is 21.2. The summed E-state index contributed by atoms with van der Waals surface area (Å²) >= 11 is 0. The molecule has 0 atom stereocenters. The Morgan fingerprint density at radius 3 is 2.20 bits per heavy atom. The molecule has 0 bridgehead atoms. The molecular weight excluding hydrogens is 318 g/mol. The fourth-order valence-electron chi connectivity index (χ4n) is 2.65. The summed E-state index contributed by atoms with van der Waals surface area (Å²) in [4.78, 5) is 14.2. The highest BCUT2D eigenvalue weighted by Crippen LogP contribution is 2.35. The van der Waals surface area contributed by atoms with Gasteiger partial charge >= 0.3 is 5.82 Å². The second-order valence-electron chi connectivity index (χ2n) is 5.45. The highest BCUT2D eigenvalue weighted by atomic mass is 16.6. The van der Waals surface area contributed by atoms with Crippen LogP contribution in [0, 0.1) is 10.1 Å². The monoisotopic (exact) mass is 331 g/mol. The maximum atomic E-state index is 10.9. The Kier molecular flexibility index (Phi) is 3.63. The lowest BCUT2D eigenvalue weighted by molar-refractivity contribution is -0.389. The molecule has 122 valence electrons. The van der Waals surface area contributed by atoms with E-state index in [0.717, 1.165) is 11.1 Å². The van der Waals surface area contributed by atoms with Gasteiger partial charge in [0.1, 0.15) is 12.0 Å². The maximum Gasteiger partial charge on any atom is 0.381 e. The van der Waals surface area contributed by atoms with Crippen LogP contribution >= 0.6 is 0 Å². The quantitative estimate of drug-likeness (QED) is 0.401. The van der Waals surface area contributed by atoms with Crippen molar-refractivity contribution in [1.82, 2.24) is 9.55 Å². The third-order valence-corrected chi connectivity index (χ3v) is 3.84. The third-order valence-electron chi connectivity index (χ3n) is 3.84. The van der Waals surface area contributed by atoms with Crippen LogP contribution in [0.4, 0.5) is 5.82 Å². The Balaban J connectivity index is 1.89. The van der Waals surface area contributed by atoms with Crippen LogP contribution in [0.2, 0.25) is 0 Å². The number of nitro groups is 1. The predicted octanol–water partition coefficient (Wildman–Crippen LogP) is 4.71. The van der Waals surface area contributed by atoms with E-state index in [4.69, 9.17) is 4.42 Å². The predicted molar refractivity (Wildman–Crippen MR) is 93.4 cm³/mol. The number of hydrogen-bond donors (Lipinski definition) is 0. The summed E-state index contributed by atoms with van der Waals surface area (Å²) in [5.74, 6) is 1.11. The number of benzene rings is 2. The topological polar surface area (TPSA) is 74.1 Å². The Bertz CT molecular complexity index is 1020. The second kappa shape index (κ2) is 6.09. The van der Waals surface area contributed by atoms with Gasteiger partial charge < -0.3 is 14.5 Å². The summed E-state index contributed by atoms with van der Waals surface area (Å²) < 4.78 is 7.70. The van der Waals surface area contributed by atoms with Crippen molar-refractivity contribution in [2.45, 2.75) is 0 Å². The fourth-order valence-corrected chi connectivity index (χ4v) is 2.65. The standard InChI is InChI=1S/C19H13N3O3/c23-22(24)18-12-21(13-20-18)16-11-17(14-7-3-1-4-8-14)25-19(16)15-9-5-2-6-10-15/h1-13H. The van der Waals surface area contributed by atoms with Crippen LogP contribution in [0.1, 0.15) is 0 Å². The highest BCUT2D eigenvalue weighted by molar-refractivity contribution is 5.73. The summed E-state index contributed by atoms with van der Waals surface area (Å²) in [6.45, 7) is 0. The minimum absolute atomic E-state index is 0.207. The Morgan fingerprint density at radius 2 is 1.60 bits per heavy atom. The number of rotatable bonds is 4. The molecule has 0 amide bonds. The van der Waals surface area contributed by atoms with E-state index >= 15 is 0 Å². The van der Waals surface area contributed by atoms with Gasteiger partial charge in [0, 0.05) is 17.2 Å². The van der Waals surface area contributed by atoms with E-state index in [2.05, 4.69) is 4.98 Å². The zero-order chi connectivity index (χ0) is 17.2. The third kappa shape index (κ3) is 2.81. The molecule has 0 fully saturated rings. The smallest absolute Gasteiger partial charge is 0.381 e. The van der Waals surface area contributed by atoms with Crippen LogP contribution in [-0.2, 0) is 0 Å². The van der Waals surface area contributed by atoms with Gasteiger partial charge in [-0.2, -0.15) is 0 Å². The van der Waals surface area contributed by atoms with E-state index in [9.17, 15) is 10.1 Å². The average molecular weight is 331 g/mol. The van der Waals surface area contributed by atoms with Gasteiger partial charge in [0.15, 0.2) is 5.76 Å². The van der Waals surface area contributed by atoms with Gasteiger partial charge in [-0.15, -0.1) is 0 Å². The molecule has 0 saturated carbocycles. The zero-order valence-corrected chi connectivity index (χ0v) is 13.1. The summed E-state index contributed by atoms with van der Waals surface area (Å²) in [6.07, 6.45) is 2.80. The lowest BCUT2D eigenvalue weighted by atomic mass is 10.1. The van der Waals surface area contributed by atoms with Crippen LogP contribution in [0.25, 0.3) is 28.3 Å². The Labute approximate surface area is 143 Å². The van der Waals surface area contributed by atoms with Crippen LogP contribution in [0.3, 0.4) is 0 Å². The molecule has 6 nitrogen and oxygen atoms in total. The number of nitrogens with zero attached hydrogens (tertiary/aromatic N) is 3. The SMILES string of the molecule is O=[N+]([O-])c1cn(-c2cc(-c3ccccc3)oc2-c2ccccc2)cn1. The molecular formula is C19H13N3O3. The summed E-state index contributed by atoms with van der Waals surface area (Å²) in [5, 5.41) is 10.9. The Morgan fingerprint density at radius 1 is 0.960 bits per heavy atom. The first-order valence-corrected chi connectivity index (χ1v) is 7.66. The van der Waals surface area contributed by atoms with Gasteiger partial charge in [-0.1, -0.05) is 60.7 Å². The molecule has 0 radical (unpaired) electrons. The highest BCUT2D eigenvalue weighted by Gasteiger charge is 2.19. The molecule has 0 spiro atoms. The molecule has 0 N–H and O–H groups in total. The molecule has 6 heteroatoms. The first-order valence-electron chi connectivity index (χ1n) is 7.66. The van der Waals surface area contributed by atoms with Crippen molar-refractivity contribution in [3.63, 3.8) is 0 Å². The Hall–Kier alpha value is -3.67. The van der Waals surface area contributed by atoms with Crippen molar-refractivity contribution in [2.24, 2.45) is 0 Å². The molecule has 4 rings (SSSR count). The minimum atomic E-state index is -0.517. The molecule has 0 aliphatic heterocycles. The van der Waals surface area contributed by atoms with E-state index in [1.165, 1.54) is 12.5 Å². The van der Waals surface area contributed by atoms with E-state index in [0.29, 0.717) is 17.2 Å². The molecule has 0 aliphatic rings. The number of furan rings is 1. The molecule has 0 unspecified atom stereocenters. The number of hydrogen-bond acceptors (Lipinski definition) is 4. The van der Waals surface area contributed by atoms with Crippen molar-refractivity contribution in [1.29, 1.82) is 0 Å². The van der Waals surface area contributed by atoms with Crippen molar-refractivity contribution < 1.29 is 9.34 Å². The van der Waals surface area contributed by atoms with Crippen LogP contribution in [0.15, 0.2) is 83.7 Å². The molecule has 0 aliphatic carbocycles. The molecule has 0 saturated heterocycles. The van der Waals surface area contributed by atoms with Gasteiger partial charge in [0.25, 0.3) is 0 Å². The normalized spacial score (nSPS) is 10.7. The van der Waals surface area contributed by atoms with Crippen LogP contribution < -0.4 is 0 Å². The fraction of sp³-hybridized carbons (Fsp3) is 0. The first kappa shape index (κ1) is 14.9. The van der Waals surface area contributed by atoms with E-state index < -0.39 is 4.92 Å². The van der Waals surface area contributed by atoms with Crippen LogP contribution in [-0.4, -0.2) is 14.5 Å². The van der Waals surface area contributed by atoms with Crippen LogP contribution in [0.5, 0.6) is 0 Å². The minimum Gasteiger partial charge on any atom is -0.454 e. The maximum absolute atomic E-state index is 10.9. The largest absolute Gasteiger partial charge is 0.454 e. The lowest BCUT2D eigenvalue weighted by Gasteiger charge is -2.01. The van der Waals surface area contributed by atoms with Gasteiger partial charge in [-0.25, -0.2) is 0 Å². The average Bonchev–Trinajstić information content (AvgIpc) is 3.30. The molecule has 4 aromatic rings. The number of imidazole rings is 1. The van der Waals surface area contributed by atoms with Crippen molar-refractivity contribution in [3.05, 3.63) is 89.4 Å². The molecule has 2 aromatic heterocycles. The van der Waals surface area contributed by atoms with Crippen molar-refractivity contribution >= 4 is 5.82 Å². The summed E-state index contributed by atoms with van der Waals surface area (Å²) in [5.41, 5.74) is 2.52. The zero-order valence-electron chi connectivity index (χ0n) is 13.1. The van der Waals surface area contributed by atoms with Gasteiger partial charge in [0.2, 0.25) is 6.33 Å². The van der Waals surface area contributed by atoms with E-state index in [1.54, 1.807) is 4.57 Å². The lowest BCUT2D eigenvalue weighted by Crippen LogP contribution is -1.91. The van der Waals surface area contributed by atoms with Crippen molar-refractivity contribution in [2.75, 3.05) is 0 Å². The number of aromatic nitrogens is 2. The second-order valence-corrected chi connectivity index (χ2v) is 5.45. The van der Waals surface area contributed by atoms with E-state index in [-0.39, 0.29) is 5.82 Å². The molecule has 2 aromatic carbocycles.